The largest absolute Gasteiger partial charge is 0.444 e. The van der Waals surface area contributed by atoms with Crippen LogP contribution in [0.2, 0.25) is 0 Å². The van der Waals surface area contributed by atoms with Gasteiger partial charge in [0, 0.05) is 37.6 Å². The normalized spacial score (nSPS) is 15.6. The highest BCUT2D eigenvalue weighted by Crippen LogP contribution is 2.44. The molecular weight excluding hydrogens is 520 g/mol. The summed E-state index contributed by atoms with van der Waals surface area (Å²) in [6.07, 6.45) is 7.46. The van der Waals surface area contributed by atoms with E-state index in [2.05, 4.69) is 69.9 Å². The van der Waals surface area contributed by atoms with Crippen LogP contribution in [-0.4, -0.2) is 47.4 Å². The van der Waals surface area contributed by atoms with E-state index in [0.29, 0.717) is 43.5 Å². The van der Waals surface area contributed by atoms with Gasteiger partial charge in [0.25, 0.3) is 0 Å². The maximum Gasteiger partial charge on any atom is 0.410 e. The number of aromatic nitrogens is 1. The van der Waals surface area contributed by atoms with Gasteiger partial charge in [-0.25, -0.2) is 9.78 Å². The summed E-state index contributed by atoms with van der Waals surface area (Å²) < 4.78 is 5.69. The van der Waals surface area contributed by atoms with E-state index in [0.717, 1.165) is 52.0 Å². The van der Waals surface area contributed by atoms with Crippen LogP contribution in [0.5, 0.6) is 0 Å². The first-order valence-corrected chi connectivity index (χ1v) is 15.1. The third-order valence-corrected chi connectivity index (χ3v) is 7.40. The standard InChI is InChI=1S/C36H52N4O2/c1-23(2)22-40(35(41)42-36(9,10)11)16-15-25(5)17-31(24(3)4)34(28(8)38-12)33(29-13-14-29)18-26(6)32-19-30(20-37)39-21-27(32)7/h18-19,21,23,26,29H,3,5,13-17,22H2,1-2,4,6-12H3/b33-18-,34-31+,38-28?. The second-order valence-electron chi connectivity index (χ2n) is 13.2. The Labute approximate surface area is 255 Å². The van der Waals surface area contributed by atoms with Crippen molar-refractivity contribution in [1.82, 2.24) is 9.88 Å². The third kappa shape index (κ3) is 10.4. The highest BCUT2D eigenvalue weighted by atomic mass is 16.6. The molecule has 0 saturated heterocycles. The van der Waals surface area contributed by atoms with Gasteiger partial charge in [0.15, 0.2) is 0 Å². The van der Waals surface area contributed by atoms with Crippen LogP contribution in [0.4, 0.5) is 4.79 Å². The Morgan fingerprint density at radius 2 is 1.90 bits per heavy atom. The summed E-state index contributed by atoms with van der Waals surface area (Å²) in [7, 11) is 1.84. The van der Waals surface area contributed by atoms with E-state index in [1.54, 1.807) is 11.1 Å². The summed E-state index contributed by atoms with van der Waals surface area (Å²) in [6, 6.07) is 4.08. The molecule has 0 bridgehead atoms. The monoisotopic (exact) mass is 572 g/mol. The van der Waals surface area contributed by atoms with Gasteiger partial charge in [0.1, 0.15) is 17.4 Å². The molecule has 42 heavy (non-hydrogen) atoms. The van der Waals surface area contributed by atoms with E-state index < -0.39 is 5.60 Å². The summed E-state index contributed by atoms with van der Waals surface area (Å²) in [5.74, 6) is 0.893. The second kappa shape index (κ2) is 15.1. The van der Waals surface area contributed by atoms with Gasteiger partial charge in [0.2, 0.25) is 0 Å². The molecule has 1 amide bonds. The van der Waals surface area contributed by atoms with E-state index >= 15 is 0 Å². The molecule has 1 saturated carbocycles. The van der Waals surface area contributed by atoms with E-state index in [4.69, 9.17) is 4.74 Å². The van der Waals surface area contributed by atoms with Gasteiger partial charge in [0.05, 0.1) is 0 Å². The number of hydrogen-bond acceptors (Lipinski definition) is 5. The molecule has 6 nitrogen and oxygen atoms in total. The quantitative estimate of drug-likeness (QED) is 0.134. The van der Waals surface area contributed by atoms with Crippen molar-refractivity contribution in [2.75, 3.05) is 20.1 Å². The van der Waals surface area contributed by atoms with Crippen LogP contribution in [0.1, 0.15) is 104 Å². The van der Waals surface area contributed by atoms with Crippen molar-refractivity contribution in [3.8, 4) is 6.07 Å². The lowest BCUT2D eigenvalue weighted by Gasteiger charge is -2.29. The summed E-state index contributed by atoms with van der Waals surface area (Å²) in [5, 5.41) is 9.43. The fraction of sp³-hybridized carbons (Fsp3) is 0.556. The predicted octanol–water partition coefficient (Wildman–Crippen LogP) is 8.89. The van der Waals surface area contributed by atoms with Gasteiger partial charge in [-0.2, -0.15) is 5.26 Å². The molecule has 1 unspecified atom stereocenters. The Kier molecular flexibility index (Phi) is 12.5. The summed E-state index contributed by atoms with van der Waals surface area (Å²) >= 11 is 0. The van der Waals surface area contributed by atoms with Crippen molar-refractivity contribution in [2.45, 2.75) is 99.5 Å². The molecule has 228 valence electrons. The molecule has 0 N–H and O–H groups in total. The Bertz CT molecular complexity index is 1300. The molecule has 0 aromatic carbocycles. The molecule has 1 aliphatic carbocycles. The minimum atomic E-state index is -0.543. The number of carbonyl (C=O) groups is 1. The van der Waals surface area contributed by atoms with Gasteiger partial charge in [-0.1, -0.05) is 51.2 Å². The maximum atomic E-state index is 12.9. The number of amides is 1. The Hall–Kier alpha value is -3.46. The van der Waals surface area contributed by atoms with Crippen LogP contribution in [-0.2, 0) is 4.74 Å². The first-order valence-electron chi connectivity index (χ1n) is 15.1. The minimum Gasteiger partial charge on any atom is -0.444 e. The Morgan fingerprint density at radius 1 is 1.26 bits per heavy atom. The zero-order valence-electron chi connectivity index (χ0n) is 27.7. The van der Waals surface area contributed by atoms with Crippen LogP contribution in [0, 0.1) is 30.1 Å². The van der Waals surface area contributed by atoms with E-state index in [9.17, 15) is 10.1 Å². The Balaban J connectivity index is 2.46. The fourth-order valence-electron chi connectivity index (χ4n) is 5.09. The van der Waals surface area contributed by atoms with Crippen molar-refractivity contribution < 1.29 is 9.53 Å². The maximum absolute atomic E-state index is 12.9. The fourth-order valence-corrected chi connectivity index (χ4v) is 5.09. The molecule has 0 spiro atoms. The second-order valence-corrected chi connectivity index (χ2v) is 13.2. The molecular formula is C36H52N4O2. The summed E-state index contributed by atoms with van der Waals surface area (Å²) in [6.45, 7) is 28.2. The first kappa shape index (κ1) is 34.7. The van der Waals surface area contributed by atoms with Crippen molar-refractivity contribution in [3.05, 3.63) is 76.2 Å². The highest BCUT2D eigenvalue weighted by molar-refractivity contribution is 6.03. The molecule has 0 aliphatic heterocycles. The first-order chi connectivity index (χ1) is 19.6. The number of carbonyl (C=O) groups excluding carboxylic acids is 1. The number of nitriles is 1. The van der Waals surface area contributed by atoms with E-state index in [1.807, 2.05) is 40.8 Å². The molecule has 0 radical (unpaired) electrons. The zero-order chi connectivity index (χ0) is 31.8. The highest BCUT2D eigenvalue weighted by Gasteiger charge is 2.31. The molecule has 1 heterocycles. The number of allylic oxidation sites excluding steroid dienone is 5. The molecule has 1 fully saturated rings. The van der Waals surface area contributed by atoms with Gasteiger partial charge >= 0.3 is 6.09 Å². The number of pyridine rings is 1. The lowest BCUT2D eigenvalue weighted by molar-refractivity contribution is 0.0230. The van der Waals surface area contributed by atoms with Crippen LogP contribution in [0.25, 0.3) is 0 Å². The Morgan fingerprint density at radius 3 is 2.40 bits per heavy atom. The topological polar surface area (TPSA) is 78.6 Å². The van der Waals surface area contributed by atoms with Gasteiger partial charge in [-0.05, 0) is 113 Å². The number of nitrogens with zero attached hydrogens (tertiary/aromatic N) is 4. The van der Waals surface area contributed by atoms with Crippen LogP contribution < -0.4 is 0 Å². The van der Waals surface area contributed by atoms with Gasteiger partial charge < -0.3 is 9.64 Å². The lowest BCUT2D eigenvalue weighted by Crippen LogP contribution is -2.39. The number of aliphatic imine (C=N–C) groups is 1. The SMILES string of the molecule is C=C(CCN(CC(C)C)C(=O)OC(C)(C)C)C/C(C(=C)C)=C(C(C)=NC)\C(=C/C(C)c1cc(C#N)ncc1C)C1CC1. The summed E-state index contributed by atoms with van der Waals surface area (Å²) in [4.78, 5) is 23.6. The third-order valence-electron chi connectivity index (χ3n) is 7.40. The minimum absolute atomic E-state index is 0.100. The van der Waals surface area contributed by atoms with Crippen molar-refractivity contribution in [1.29, 1.82) is 5.26 Å². The number of rotatable bonds is 13. The van der Waals surface area contributed by atoms with E-state index in [1.165, 1.54) is 5.57 Å². The van der Waals surface area contributed by atoms with Crippen LogP contribution in [0.3, 0.4) is 0 Å². The number of aryl methyl sites for hydroxylation is 1. The molecule has 6 heteroatoms. The molecule has 1 aromatic rings. The zero-order valence-corrected chi connectivity index (χ0v) is 27.7. The van der Waals surface area contributed by atoms with Gasteiger partial charge in [-0.3, -0.25) is 4.99 Å². The molecule has 2 rings (SSSR count). The molecule has 1 atom stereocenters. The average molecular weight is 573 g/mol. The van der Waals surface area contributed by atoms with Gasteiger partial charge in [-0.15, -0.1) is 0 Å². The number of ether oxygens (including phenoxy) is 1. The average Bonchev–Trinajstić information content (AvgIpc) is 3.74. The van der Waals surface area contributed by atoms with Crippen LogP contribution in [0.15, 0.2) is 64.4 Å². The lowest BCUT2D eigenvalue weighted by atomic mass is 9.84. The molecule has 1 aliphatic rings. The van der Waals surface area contributed by atoms with E-state index in [-0.39, 0.29) is 12.0 Å². The molecule has 1 aromatic heterocycles. The smallest absolute Gasteiger partial charge is 0.410 e. The van der Waals surface area contributed by atoms with Crippen molar-refractivity contribution in [2.24, 2.45) is 16.8 Å². The van der Waals surface area contributed by atoms with Crippen molar-refractivity contribution in [3.63, 3.8) is 0 Å². The van der Waals surface area contributed by atoms with Crippen LogP contribution >= 0.6 is 0 Å². The predicted molar refractivity (Wildman–Crippen MR) is 175 cm³/mol. The summed E-state index contributed by atoms with van der Waals surface area (Å²) in [5.41, 5.74) is 8.67. The van der Waals surface area contributed by atoms with Crippen molar-refractivity contribution >= 4 is 11.8 Å². The number of hydrogen-bond donors (Lipinski definition) is 0.